The molecule has 1 saturated heterocycles. The van der Waals surface area contributed by atoms with Crippen LogP contribution in [-0.2, 0) is 4.74 Å². The Balaban J connectivity index is 1.78. The van der Waals surface area contributed by atoms with Gasteiger partial charge in [-0.2, -0.15) is 0 Å². The lowest BCUT2D eigenvalue weighted by Gasteiger charge is -2.44. The molecule has 1 spiro atoms. The van der Waals surface area contributed by atoms with Crippen LogP contribution in [0.5, 0.6) is 0 Å². The van der Waals surface area contributed by atoms with Crippen LogP contribution < -0.4 is 0 Å². The van der Waals surface area contributed by atoms with Crippen molar-refractivity contribution in [3.63, 3.8) is 0 Å². The number of aliphatic hydroxyl groups is 1. The molecule has 1 N–H and O–H groups in total. The fourth-order valence-corrected chi connectivity index (χ4v) is 4.38. The molecular formula is C17H22BrFO2. The molecule has 0 amide bonds. The van der Waals surface area contributed by atoms with Crippen LogP contribution in [0, 0.1) is 11.7 Å². The minimum atomic E-state index is -0.627. The lowest BCUT2D eigenvalue weighted by molar-refractivity contribution is -0.134. The Morgan fingerprint density at radius 1 is 1.29 bits per heavy atom. The van der Waals surface area contributed by atoms with Crippen molar-refractivity contribution >= 4 is 15.9 Å². The Morgan fingerprint density at radius 3 is 2.81 bits per heavy atom. The summed E-state index contributed by atoms with van der Waals surface area (Å²) < 4.78 is 20.1. The number of hydrogen-bond donors (Lipinski definition) is 1. The van der Waals surface area contributed by atoms with Gasteiger partial charge in [0.1, 0.15) is 5.82 Å². The molecule has 0 radical (unpaired) electrons. The first kappa shape index (κ1) is 15.4. The van der Waals surface area contributed by atoms with Gasteiger partial charge < -0.3 is 9.84 Å². The summed E-state index contributed by atoms with van der Waals surface area (Å²) in [6.45, 7) is 0.703. The van der Waals surface area contributed by atoms with Crippen molar-refractivity contribution < 1.29 is 14.2 Å². The predicted molar refractivity (Wildman–Crippen MR) is 83.6 cm³/mol. The van der Waals surface area contributed by atoms with Crippen LogP contribution in [0.15, 0.2) is 22.7 Å². The molecule has 1 aromatic carbocycles. The smallest absolute Gasteiger partial charge is 0.137 e. The SMILES string of the molecule is OC(c1cccc(F)c1Br)C1CCOC2(CCCCC2)C1. The van der Waals surface area contributed by atoms with Crippen molar-refractivity contribution in [1.82, 2.24) is 0 Å². The Hall–Kier alpha value is -0.450. The maximum Gasteiger partial charge on any atom is 0.137 e. The quantitative estimate of drug-likeness (QED) is 0.828. The molecule has 1 saturated carbocycles. The number of halogens is 2. The molecular weight excluding hydrogens is 335 g/mol. The average Bonchev–Trinajstić information content (AvgIpc) is 2.50. The first-order chi connectivity index (χ1) is 10.1. The summed E-state index contributed by atoms with van der Waals surface area (Å²) in [7, 11) is 0. The standard InChI is InChI=1S/C17H22BrFO2/c18-15-13(5-4-6-14(15)19)16(20)12-7-10-21-17(11-12)8-2-1-3-9-17/h4-6,12,16,20H,1-3,7-11H2. The molecule has 1 aromatic rings. The maximum atomic E-state index is 13.7. The van der Waals surface area contributed by atoms with E-state index < -0.39 is 6.10 Å². The third kappa shape index (κ3) is 3.17. The van der Waals surface area contributed by atoms with Gasteiger partial charge in [0.2, 0.25) is 0 Å². The fraction of sp³-hybridized carbons (Fsp3) is 0.647. The fourth-order valence-electron chi connectivity index (χ4n) is 3.88. The van der Waals surface area contributed by atoms with Gasteiger partial charge in [-0.05, 0) is 59.2 Å². The normalized spacial score (nSPS) is 26.7. The second-order valence-corrected chi connectivity index (χ2v) is 7.23. The highest BCUT2D eigenvalue weighted by atomic mass is 79.9. The van der Waals surface area contributed by atoms with E-state index >= 15 is 0 Å². The van der Waals surface area contributed by atoms with Gasteiger partial charge >= 0.3 is 0 Å². The Labute approximate surface area is 133 Å². The largest absolute Gasteiger partial charge is 0.388 e. The summed E-state index contributed by atoms with van der Waals surface area (Å²) >= 11 is 3.27. The van der Waals surface area contributed by atoms with Crippen LogP contribution in [-0.4, -0.2) is 17.3 Å². The van der Waals surface area contributed by atoms with Crippen LogP contribution in [0.4, 0.5) is 4.39 Å². The lowest BCUT2D eigenvalue weighted by Crippen LogP contribution is -2.42. The lowest BCUT2D eigenvalue weighted by atomic mass is 9.74. The Morgan fingerprint density at radius 2 is 2.05 bits per heavy atom. The predicted octanol–water partition coefficient (Wildman–Crippen LogP) is 4.75. The summed E-state index contributed by atoms with van der Waals surface area (Å²) in [5.41, 5.74) is 0.620. The molecule has 2 unspecified atom stereocenters. The third-order valence-electron chi connectivity index (χ3n) is 5.04. The maximum absolute atomic E-state index is 13.7. The molecule has 1 aliphatic heterocycles. The number of benzene rings is 1. The third-order valence-corrected chi connectivity index (χ3v) is 5.88. The summed E-state index contributed by atoms with van der Waals surface area (Å²) in [5.74, 6) is -0.166. The first-order valence-electron chi connectivity index (χ1n) is 7.87. The van der Waals surface area contributed by atoms with Crippen molar-refractivity contribution in [2.75, 3.05) is 6.61 Å². The van der Waals surface area contributed by atoms with Gasteiger partial charge in [0, 0.05) is 6.61 Å². The van der Waals surface area contributed by atoms with Crippen molar-refractivity contribution in [2.45, 2.75) is 56.7 Å². The van der Waals surface area contributed by atoms with Crippen molar-refractivity contribution in [2.24, 2.45) is 5.92 Å². The van der Waals surface area contributed by atoms with E-state index in [2.05, 4.69) is 15.9 Å². The monoisotopic (exact) mass is 356 g/mol. The highest BCUT2D eigenvalue weighted by molar-refractivity contribution is 9.10. The van der Waals surface area contributed by atoms with Gasteiger partial charge in [-0.1, -0.05) is 31.4 Å². The van der Waals surface area contributed by atoms with Crippen LogP contribution in [0.1, 0.15) is 56.6 Å². The minimum Gasteiger partial charge on any atom is -0.388 e. The number of ether oxygens (including phenoxy) is 1. The van der Waals surface area contributed by atoms with Gasteiger partial charge in [-0.25, -0.2) is 4.39 Å². The molecule has 1 aliphatic carbocycles. The number of aliphatic hydroxyl groups excluding tert-OH is 1. The average molecular weight is 357 g/mol. The summed E-state index contributed by atoms with van der Waals surface area (Å²) in [6, 6.07) is 4.88. The zero-order chi connectivity index (χ0) is 14.9. The first-order valence-corrected chi connectivity index (χ1v) is 8.67. The molecule has 2 fully saturated rings. The van der Waals surface area contributed by atoms with Gasteiger partial charge in [-0.15, -0.1) is 0 Å². The van der Waals surface area contributed by atoms with Crippen molar-refractivity contribution in [1.29, 1.82) is 0 Å². The van der Waals surface area contributed by atoms with E-state index in [4.69, 9.17) is 4.74 Å². The molecule has 2 nitrogen and oxygen atoms in total. The zero-order valence-corrected chi connectivity index (χ0v) is 13.7. The molecule has 2 atom stereocenters. The van der Waals surface area contributed by atoms with Crippen LogP contribution in [0.25, 0.3) is 0 Å². The van der Waals surface area contributed by atoms with E-state index in [0.29, 0.717) is 16.6 Å². The summed E-state index contributed by atoms with van der Waals surface area (Å²) in [5, 5.41) is 10.7. The van der Waals surface area contributed by atoms with Gasteiger partial charge in [0.15, 0.2) is 0 Å². The highest BCUT2D eigenvalue weighted by Crippen LogP contribution is 2.45. The van der Waals surface area contributed by atoms with Crippen LogP contribution in [0.3, 0.4) is 0 Å². The Kier molecular flexibility index (Phi) is 4.67. The molecule has 1 heterocycles. The topological polar surface area (TPSA) is 29.5 Å². The molecule has 4 heteroatoms. The molecule has 0 aromatic heterocycles. The number of rotatable bonds is 2. The summed E-state index contributed by atoms with van der Waals surface area (Å²) in [6.07, 6.45) is 7.01. The van der Waals surface area contributed by atoms with E-state index in [-0.39, 0.29) is 17.3 Å². The molecule has 0 bridgehead atoms. The second kappa shape index (κ2) is 6.35. The minimum absolute atomic E-state index is 0.0397. The van der Waals surface area contributed by atoms with E-state index in [9.17, 15) is 9.50 Å². The molecule has 116 valence electrons. The summed E-state index contributed by atoms with van der Waals surface area (Å²) in [4.78, 5) is 0. The van der Waals surface area contributed by atoms with Crippen molar-refractivity contribution in [3.05, 3.63) is 34.1 Å². The van der Waals surface area contributed by atoms with Gasteiger partial charge in [0.25, 0.3) is 0 Å². The zero-order valence-electron chi connectivity index (χ0n) is 12.2. The van der Waals surface area contributed by atoms with Crippen LogP contribution in [0.2, 0.25) is 0 Å². The molecule has 3 rings (SSSR count). The van der Waals surface area contributed by atoms with Gasteiger partial charge in [-0.3, -0.25) is 0 Å². The van der Waals surface area contributed by atoms with E-state index in [1.807, 2.05) is 0 Å². The van der Waals surface area contributed by atoms with E-state index in [0.717, 1.165) is 25.7 Å². The van der Waals surface area contributed by atoms with Gasteiger partial charge in [0.05, 0.1) is 16.2 Å². The molecule has 2 aliphatic rings. The van der Waals surface area contributed by atoms with Crippen LogP contribution >= 0.6 is 15.9 Å². The number of hydrogen-bond acceptors (Lipinski definition) is 2. The van der Waals surface area contributed by atoms with Crippen molar-refractivity contribution in [3.8, 4) is 0 Å². The van der Waals surface area contributed by atoms with E-state index in [1.165, 1.54) is 25.3 Å². The molecule has 21 heavy (non-hydrogen) atoms. The van der Waals surface area contributed by atoms with E-state index in [1.54, 1.807) is 12.1 Å². The Bertz CT molecular complexity index is 494. The second-order valence-electron chi connectivity index (χ2n) is 6.43. The highest BCUT2D eigenvalue weighted by Gasteiger charge is 2.41.